The molecule has 0 aliphatic rings. The summed E-state index contributed by atoms with van der Waals surface area (Å²) >= 11 is 0. The van der Waals surface area contributed by atoms with Crippen LogP contribution in [0.15, 0.2) is 12.1 Å². The van der Waals surface area contributed by atoms with Crippen LogP contribution in [0.5, 0.6) is 5.75 Å². The maximum atomic E-state index is 12.1. The van der Waals surface area contributed by atoms with Crippen molar-refractivity contribution < 1.29 is 15.0 Å². The zero-order valence-electron chi connectivity index (χ0n) is 18.1. The lowest BCUT2D eigenvalue weighted by molar-refractivity contribution is -0.121. The summed E-state index contributed by atoms with van der Waals surface area (Å²) in [6, 6.07) is 4.10. The Balaban J connectivity index is 2.73. The van der Waals surface area contributed by atoms with Crippen molar-refractivity contribution in [3.05, 3.63) is 28.8 Å². The Kier molecular flexibility index (Phi) is 8.80. The number of rotatable bonds is 9. The third-order valence-corrected chi connectivity index (χ3v) is 4.83. The van der Waals surface area contributed by atoms with Crippen molar-refractivity contribution >= 4 is 5.91 Å². The predicted molar refractivity (Wildman–Crippen MR) is 112 cm³/mol. The number of phenols is 1. The van der Waals surface area contributed by atoms with Crippen LogP contribution in [0.4, 0.5) is 0 Å². The van der Waals surface area contributed by atoms with Crippen molar-refractivity contribution in [1.82, 2.24) is 5.32 Å². The van der Waals surface area contributed by atoms with Gasteiger partial charge in [0.1, 0.15) is 5.75 Å². The van der Waals surface area contributed by atoms with Gasteiger partial charge in [-0.3, -0.25) is 4.79 Å². The van der Waals surface area contributed by atoms with E-state index in [1.165, 1.54) is 0 Å². The van der Waals surface area contributed by atoms with Gasteiger partial charge in [-0.25, -0.2) is 0 Å². The summed E-state index contributed by atoms with van der Waals surface area (Å²) in [5.41, 5.74) is 2.66. The molecule has 0 aromatic heterocycles. The second kappa shape index (κ2) is 10.1. The summed E-state index contributed by atoms with van der Waals surface area (Å²) in [6.45, 7) is 13.5. The number of carbonyl (C=O) groups is 1. The number of carbonyl (C=O) groups excluding carboxylic acids is 1. The lowest BCUT2D eigenvalue weighted by atomic mass is 9.78. The second-order valence-electron chi connectivity index (χ2n) is 9.53. The Morgan fingerprint density at radius 3 is 1.93 bits per heavy atom. The van der Waals surface area contributed by atoms with Crippen LogP contribution in [-0.2, 0) is 22.0 Å². The minimum Gasteiger partial charge on any atom is -0.507 e. The summed E-state index contributed by atoms with van der Waals surface area (Å²) < 4.78 is 0. The molecular weight excluding hydrogens is 338 g/mol. The number of aryl methyl sites for hydroxylation is 1. The molecule has 0 bridgehead atoms. The number of aromatic hydroxyl groups is 1. The number of amides is 1. The molecule has 154 valence electrons. The number of aliphatic hydroxyl groups is 1. The second-order valence-corrected chi connectivity index (χ2v) is 9.53. The first-order chi connectivity index (χ1) is 12.5. The highest BCUT2D eigenvalue weighted by Crippen LogP contribution is 2.39. The number of hydrogen-bond acceptors (Lipinski definition) is 3. The highest BCUT2D eigenvalue weighted by atomic mass is 16.3. The SMILES string of the molecule is CC(C)(C)c1cc(CCC(=O)NCCCCCCO)cc(C(C)(C)C)c1O. The molecule has 4 heteroatoms. The van der Waals surface area contributed by atoms with Crippen molar-refractivity contribution in [2.24, 2.45) is 0 Å². The summed E-state index contributed by atoms with van der Waals surface area (Å²) in [4.78, 5) is 12.1. The Labute approximate surface area is 165 Å². The lowest BCUT2D eigenvalue weighted by Gasteiger charge is -2.28. The average molecular weight is 378 g/mol. The van der Waals surface area contributed by atoms with Crippen molar-refractivity contribution in [1.29, 1.82) is 0 Å². The number of unbranched alkanes of at least 4 members (excludes halogenated alkanes) is 3. The lowest BCUT2D eigenvalue weighted by Crippen LogP contribution is -2.25. The largest absolute Gasteiger partial charge is 0.507 e. The van der Waals surface area contributed by atoms with Gasteiger partial charge in [-0.15, -0.1) is 0 Å². The third kappa shape index (κ3) is 7.92. The van der Waals surface area contributed by atoms with Crippen LogP contribution in [-0.4, -0.2) is 29.3 Å². The van der Waals surface area contributed by atoms with E-state index in [0.29, 0.717) is 25.1 Å². The van der Waals surface area contributed by atoms with E-state index in [-0.39, 0.29) is 23.3 Å². The molecule has 0 radical (unpaired) electrons. The zero-order chi connectivity index (χ0) is 20.7. The van der Waals surface area contributed by atoms with Crippen molar-refractivity contribution in [3.63, 3.8) is 0 Å². The maximum Gasteiger partial charge on any atom is 0.220 e. The van der Waals surface area contributed by atoms with Gasteiger partial charge in [-0.1, -0.05) is 66.5 Å². The minimum absolute atomic E-state index is 0.0693. The van der Waals surface area contributed by atoms with Crippen molar-refractivity contribution in [2.75, 3.05) is 13.2 Å². The molecule has 27 heavy (non-hydrogen) atoms. The minimum atomic E-state index is -0.156. The van der Waals surface area contributed by atoms with Crippen LogP contribution in [0.25, 0.3) is 0 Å². The number of benzene rings is 1. The number of hydrogen-bond donors (Lipinski definition) is 3. The topological polar surface area (TPSA) is 69.6 Å². The first kappa shape index (κ1) is 23.5. The molecule has 1 aromatic carbocycles. The van der Waals surface area contributed by atoms with Gasteiger partial charge >= 0.3 is 0 Å². The highest BCUT2D eigenvalue weighted by molar-refractivity contribution is 5.76. The van der Waals surface area contributed by atoms with E-state index in [2.05, 4.69) is 46.9 Å². The Bertz CT molecular complexity index is 574. The molecule has 0 spiro atoms. The molecule has 0 unspecified atom stereocenters. The van der Waals surface area contributed by atoms with Crippen LogP contribution in [0.3, 0.4) is 0 Å². The van der Waals surface area contributed by atoms with Gasteiger partial charge < -0.3 is 15.5 Å². The maximum absolute atomic E-state index is 12.1. The number of aliphatic hydroxyl groups excluding tert-OH is 1. The molecule has 1 amide bonds. The first-order valence-electron chi connectivity index (χ1n) is 10.2. The van der Waals surface area contributed by atoms with Gasteiger partial charge in [0.25, 0.3) is 0 Å². The molecule has 0 aliphatic heterocycles. The van der Waals surface area contributed by atoms with Gasteiger partial charge in [0.05, 0.1) is 0 Å². The Morgan fingerprint density at radius 2 is 1.44 bits per heavy atom. The number of nitrogens with one attached hydrogen (secondary N) is 1. The van der Waals surface area contributed by atoms with Crippen LogP contribution in [0, 0.1) is 0 Å². The van der Waals surface area contributed by atoms with Gasteiger partial charge in [-0.2, -0.15) is 0 Å². The van der Waals surface area contributed by atoms with Gasteiger partial charge in [-0.05, 0) is 46.8 Å². The molecule has 0 aliphatic carbocycles. The summed E-state index contributed by atoms with van der Waals surface area (Å²) in [5.74, 6) is 0.450. The fourth-order valence-electron chi connectivity index (χ4n) is 3.15. The quantitative estimate of drug-likeness (QED) is 0.551. The van der Waals surface area contributed by atoms with Gasteiger partial charge in [0, 0.05) is 19.6 Å². The fraction of sp³-hybridized carbons (Fsp3) is 0.696. The van der Waals surface area contributed by atoms with Gasteiger partial charge in [0.2, 0.25) is 5.91 Å². The van der Waals surface area contributed by atoms with E-state index in [4.69, 9.17) is 5.11 Å². The molecule has 3 N–H and O–H groups in total. The standard InChI is InChI=1S/C23H39NO3/c1-22(2,3)18-15-17(16-19(21(18)27)23(4,5)6)11-12-20(26)24-13-9-7-8-10-14-25/h15-16,25,27H,7-14H2,1-6H3,(H,24,26). The van der Waals surface area contributed by atoms with E-state index in [0.717, 1.165) is 42.4 Å². The zero-order valence-corrected chi connectivity index (χ0v) is 18.1. The molecule has 0 heterocycles. The molecule has 0 saturated heterocycles. The average Bonchev–Trinajstić information content (AvgIpc) is 2.54. The van der Waals surface area contributed by atoms with Crippen molar-refractivity contribution in [3.8, 4) is 5.75 Å². The molecule has 4 nitrogen and oxygen atoms in total. The van der Waals surface area contributed by atoms with E-state index in [1.54, 1.807) is 0 Å². The Hall–Kier alpha value is -1.55. The number of phenolic OH excluding ortho intramolecular Hbond substituents is 1. The molecule has 1 aromatic rings. The molecule has 1 rings (SSSR count). The van der Waals surface area contributed by atoms with Crippen molar-refractivity contribution in [2.45, 2.75) is 90.9 Å². The fourth-order valence-corrected chi connectivity index (χ4v) is 3.15. The highest BCUT2D eigenvalue weighted by Gasteiger charge is 2.26. The van der Waals surface area contributed by atoms with Crippen LogP contribution >= 0.6 is 0 Å². The van der Waals surface area contributed by atoms with E-state index >= 15 is 0 Å². The van der Waals surface area contributed by atoms with E-state index < -0.39 is 0 Å². The van der Waals surface area contributed by atoms with Crippen LogP contribution in [0.1, 0.15) is 90.3 Å². The molecular formula is C23H39NO3. The smallest absolute Gasteiger partial charge is 0.220 e. The normalized spacial score (nSPS) is 12.3. The summed E-state index contributed by atoms with van der Waals surface area (Å²) in [5, 5.41) is 22.5. The third-order valence-electron chi connectivity index (χ3n) is 4.83. The van der Waals surface area contributed by atoms with E-state index in [1.807, 2.05) is 12.1 Å². The van der Waals surface area contributed by atoms with Crippen LogP contribution < -0.4 is 5.32 Å². The molecule has 0 fully saturated rings. The molecule has 0 saturated carbocycles. The summed E-state index contributed by atoms with van der Waals surface area (Å²) in [7, 11) is 0. The van der Waals surface area contributed by atoms with E-state index in [9.17, 15) is 9.90 Å². The predicted octanol–water partition coefficient (Wildman–Crippen LogP) is 4.59. The summed E-state index contributed by atoms with van der Waals surface area (Å²) in [6.07, 6.45) is 4.94. The first-order valence-corrected chi connectivity index (χ1v) is 10.2. The van der Waals surface area contributed by atoms with Crippen LogP contribution in [0.2, 0.25) is 0 Å². The van der Waals surface area contributed by atoms with Gasteiger partial charge in [0.15, 0.2) is 0 Å². The Morgan fingerprint density at radius 1 is 0.926 bits per heavy atom. The monoisotopic (exact) mass is 377 g/mol. The molecule has 0 atom stereocenters.